The Balaban J connectivity index is 1.31. The van der Waals surface area contributed by atoms with Crippen LogP contribution in [0.25, 0.3) is 0 Å². The Bertz CT molecular complexity index is 871. The predicted octanol–water partition coefficient (Wildman–Crippen LogP) is 2.45. The van der Waals surface area contributed by atoms with Crippen LogP contribution in [-0.4, -0.2) is 48.8 Å². The molecule has 0 saturated carbocycles. The summed E-state index contributed by atoms with van der Waals surface area (Å²) in [7, 11) is 0. The summed E-state index contributed by atoms with van der Waals surface area (Å²) >= 11 is 0. The minimum absolute atomic E-state index is 0.0774. The van der Waals surface area contributed by atoms with Gasteiger partial charge in [-0.05, 0) is 50.1 Å². The van der Waals surface area contributed by atoms with Crippen LogP contribution in [-0.2, 0) is 4.79 Å². The molecule has 2 aliphatic rings. The number of hydrogen-bond donors (Lipinski definition) is 2. The SMILES string of the molecule is CC(=O)c1ccc(N2CCN(C(=O)C3CC(c4ccc(C)cc4)NN3)CC2)cc1. The lowest BCUT2D eigenvalue weighted by molar-refractivity contribution is -0.133. The summed E-state index contributed by atoms with van der Waals surface area (Å²) in [5.41, 5.74) is 10.7. The largest absolute Gasteiger partial charge is 0.368 e. The normalized spacial score (nSPS) is 22.0. The number of anilines is 1. The van der Waals surface area contributed by atoms with E-state index in [1.54, 1.807) is 6.92 Å². The van der Waals surface area contributed by atoms with Gasteiger partial charge in [-0.25, -0.2) is 10.9 Å². The van der Waals surface area contributed by atoms with Crippen molar-refractivity contribution in [2.75, 3.05) is 31.1 Å². The molecule has 2 aromatic carbocycles. The molecule has 2 fully saturated rings. The Morgan fingerprint density at radius 3 is 2.17 bits per heavy atom. The number of aryl methyl sites for hydroxylation is 1. The zero-order chi connectivity index (χ0) is 20.4. The van der Waals surface area contributed by atoms with Crippen LogP contribution < -0.4 is 15.8 Å². The summed E-state index contributed by atoms with van der Waals surface area (Å²) in [5, 5.41) is 0. The van der Waals surface area contributed by atoms with Gasteiger partial charge in [-0.1, -0.05) is 29.8 Å². The lowest BCUT2D eigenvalue weighted by atomic mass is 10.0. The van der Waals surface area contributed by atoms with E-state index >= 15 is 0 Å². The lowest BCUT2D eigenvalue weighted by Gasteiger charge is -2.37. The van der Waals surface area contributed by atoms with E-state index < -0.39 is 0 Å². The summed E-state index contributed by atoms with van der Waals surface area (Å²) in [5.74, 6) is 0.243. The first-order valence-electron chi connectivity index (χ1n) is 10.2. The number of piperazine rings is 1. The van der Waals surface area contributed by atoms with E-state index in [0.717, 1.165) is 30.8 Å². The first-order valence-corrected chi connectivity index (χ1v) is 10.2. The van der Waals surface area contributed by atoms with Gasteiger partial charge in [-0.3, -0.25) is 9.59 Å². The zero-order valence-electron chi connectivity index (χ0n) is 17.0. The van der Waals surface area contributed by atoms with Gasteiger partial charge in [-0.15, -0.1) is 0 Å². The van der Waals surface area contributed by atoms with Crippen molar-refractivity contribution in [3.05, 3.63) is 65.2 Å². The van der Waals surface area contributed by atoms with Crippen LogP contribution in [0.15, 0.2) is 48.5 Å². The van der Waals surface area contributed by atoms with Crippen LogP contribution >= 0.6 is 0 Å². The van der Waals surface area contributed by atoms with Gasteiger partial charge in [-0.2, -0.15) is 0 Å². The van der Waals surface area contributed by atoms with E-state index in [1.165, 1.54) is 11.1 Å². The number of ketones is 1. The van der Waals surface area contributed by atoms with Crippen molar-refractivity contribution in [2.24, 2.45) is 0 Å². The number of carbonyl (C=O) groups is 2. The van der Waals surface area contributed by atoms with Crippen LogP contribution in [0.3, 0.4) is 0 Å². The molecule has 0 radical (unpaired) electrons. The highest BCUT2D eigenvalue weighted by Gasteiger charge is 2.34. The van der Waals surface area contributed by atoms with Crippen LogP contribution in [0.4, 0.5) is 5.69 Å². The van der Waals surface area contributed by atoms with Crippen LogP contribution in [0, 0.1) is 6.92 Å². The molecule has 0 aromatic heterocycles. The third-order valence-corrected chi connectivity index (χ3v) is 5.91. The summed E-state index contributed by atoms with van der Waals surface area (Å²) in [6, 6.07) is 16.1. The highest BCUT2D eigenvalue weighted by atomic mass is 16.2. The number of rotatable bonds is 4. The number of carbonyl (C=O) groups excluding carboxylic acids is 2. The molecule has 0 bridgehead atoms. The molecule has 152 valence electrons. The highest BCUT2D eigenvalue weighted by molar-refractivity contribution is 5.94. The third-order valence-electron chi connectivity index (χ3n) is 5.91. The summed E-state index contributed by atoms with van der Waals surface area (Å²) < 4.78 is 0. The van der Waals surface area contributed by atoms with Gasteiger partial charge in [0.2, 0.25) is 5.91 Å². The number of Topliss-reactive ketones (excluding diaryl/α,β-unsaturated/α-hetero) is 1. The van der Waals surface area contributed by atoms with E-state index in [1.807, 2.05) is 29.2 Å². The first kappa shape index (κ1) is 19.6. The monoisotopic (exact) mass is 392 g/mol. The molecule has 2 aromatic rings. The van der Waals surface area contributed by atoms with Gasteiger partial charge >= 0.3 is 0 Å². The fourth-order valence-corrected chi connectivity index (χ4v) is 4.05. The Hall–Kier alpha value is -2.70. The molecular formula is C23H28N4O2. The second-order valence-corrected chi connectivity index (χ2v) is 7.96. The number of nitrogens with zero attached hydrogens (tertiary/aromatic N) is 2. The molecule has 2 N–H and O–H groups in total. The van der Waals surface area contributed by atoms with E-state index in [9.17, 15) is 9.59 Å². The van der Waals surface area contributed by atoms with Crippen molar-refractivity contribution in [3.8, 4) is 0 Å². The quantitative estimate of drug-likeness (QED) is 0.783. The fraction of sp³-hybridized carbons (Fsp3) is 0.391. The van der Waals surface area contributed by atoms with Crippen molar-refractivity contribution in [3.63, 3.8) is 0 Å². The van der Waals surface area contributed by atoms with E-state index in [0.29, 0.717) is 13.1 Å². The van der Waals surface area contributed by atoms with Gasteiger partial charge in [0.25, 0.3) is 0 Å². The van der Waals surface area contributed by atoms with Crippen molar-refractivity contribution < 1.29 is 9.59 Å². The Morgan fingerprint density at radius 1 is 0.897 bits per heavy atom. The molecule has 2 atom stereocenters. The minimum Gasteiger partial charge on any atom is -0.368 e. The number of hydrogen-bond acceptors (Lipinski definition) is 5. The van der Waals surface area contributed by atoms with Crippen molar-refractivity contribution >= 4 is 17.4 Å². The van der Waals surface area contributed by atoms with Gasteiger partial charge in [0.1, 0.15) is 6.04 Å². The van der Waals surface area contributed by atoms with Crippen molar-refractivity contribution in [2.45, 2.75) is 32.4 Å². The molecule has 4 rings (SSSR count). The van der Waals surface area contributed by atoms with E-state index in [-0.39, 0.29) is 23.8 Å². The number of hydrazine groups is 1. The van der Waals surface area contributed by atoms with Gasteiger partial charge in [0.05, 0.1) is 0 Å². The highest BCUT2D eigenvalue weighted by Crippen LogP contribution is 2.24. The molecule has 2 aliphatic heterocycles. The molecule has 2 heterocycles. The second-order valence-electron chi connectivity index (χ2n) is 7.96. The average Bonchev–Trinajstić information content (AvgIpc) is 3.24. The number of benzene rings is 2. The number of amides is 1. The minimum atomic E-state index is -0.192. The second kappa shape index (κ2) is 8.35. The fourth-order valence-electron chi connectivity index (χ4n) is 4.05. The molecule has 1 amide bonds. The third kappa shape index (κ3) is 4.33. The van der Waals surface area contributed by atoms with Gasteiger partial charge in [0.15, 0.2) is 5.78 Å². The summed E-state index contributed by atoms with van der Waals surface area (Å²) in [6.07, 6.45) is 0.759. The zero-order valence-corrected chi connectivity index (χ0v) is 17.0. The van der Waals surface area contributed by atoms with Gasteiger partial charge in [0, 0.05) is 43.5 Å². The standard InChI is InChI=1S/C23H28N4O2/c1-16-3-5-19(6-4-16)21-15-22(25-24-21)23(29)27-13-11-26(12-14-27)20-9-7-18(8-10-20)17(2)28/h3-10,21-22,24-25H,11-15H2,1-2H3. The lowest BCUT2D eigenvalue weighted by Crippen LogP contribution is -2.53. The molecule has 0 aliphatic carbocycles. The Kier molecular flexibility index (Phi) is 5.65. The Morgan fingerprint density at radius 2 is 1.55 bits per heavy atom. The number of nitrogens with one attached hydrogen (secondary N) is 2. The molecule has 6 heteroatoms. The van der Waals surface area contributed by atoms with Crippen molar-refractivity contribution in [1.82, 2.24) is 15.8 Å². The Labute approximate surface area is 171 Å². The van der Waals surface area contributed by atoms with Crippen LogP contribution in [0.5, 0.6) is 0 Å². The molecule has 2 saturated heterocycles. The molecule has 2 unspecified atom stereocenters. The molecule has 29 heavy (non-hydrogen) atoms. The van der Waals surface area contributed by atoms with Crippen LogP contribution in [0.2, 0.25) is 0 Å². The summed E-state index contributed by atoms with van der Waals surface area (Å²) in [6.45, 7) is 6.67. The predicted molar refractivity (Wildman–Crippen MR) is 114 cm³/mol. The maximum absolute atomic E-state index is 13.0. The maximum Gasteiger partial charge on any atom is 0.241 e. The van der Waals surface area contributed by atoms with Crippen molar-refractivity contribution in [1.29, 1.82) is 0 Å². The summed E-state index contributed by atoms with van der Waals surface area (Å²) in [4.78, 5) is 28.6. The average molecular weight is 393 g/mol. The maximum atomic E-state index is 13.0. The van der Waals surface area contributed by atoms with E-state index in [4.69, 9.17) is 0 Å². The molecule has 6 nitrogen and oxygen atoms in total. The first-order chi connectivity index (χ1) is 14.0. The smallest absolute Gasteiger partial charge is 0.241 e. The van der Waals surface area contributed by atoms with Crippen LogP contribution in [0.1, 0.15) is 40.9 Å². The molecular weight excluding hydrogens is 364 g/mol. The van der Waals surface area contributed by atoms with Gasteiger partial charge < -0.3 is 9.80 Å². The topological polar surface area (TPSA) is 64.7 Å². The molecule has 0 spiro atoms. The van der Waals surface area contributed by atoms with E-state index in [2.05, 4.69) is 46.9 Å².